The summed E-state index contributed by atoms with van der Waals surface area (Å²) in [6, 6.07) is 8.87. The average molecular weight is 291 g/mol. The van der Waals surface area contributed by atoms with Gasteiger partial charge in [0.2, 0.25) is 0 Å². The van der Waals surface area contributed by atoms with Crippen LogP contribution < -0.4 is 5.32 Å². The summed E-state index contributed by atoms with van der Waals surface area (Å²) < 4.78 is 2.33. The maximum absolute atomic E-state index is 5.54. The van der Waals surface area contributed by atoms with Crippen molar-refractivity contribution in [2.24, 2.45) is 0 Å². The van der Waals surface area contributed by atoms with Gasteiger partial charge in [-0.3, -0.25) is 0 Å². The number of nitrogens with one attached hydrogen (secondary N) is 1. The minimum Gasteiger partial charge on any atom is -0.363 e. The molecule has 1 atom stereocenters. The van der Waals surface area contributed by atoms with Gasteiger partial charge in [-0.1, -0.05) is 6.07 Å². The molecule has 0 aliphatic carbocycles. The van der Waals surface area contributed by atoms with Crippen LogP contribution in [0.1, 0.15) is 23.5 Å². The summed E-state index contributed by atoms with van der Waals surface area (Å²) in [5, 5.41) is 6.27. The predicted molar refractivity (Wildman–Crippen MR) is 83.6 cm³/mol. The number of rotatable bonds is 2. The summed E-state index contributed by atoms with van der Waals surface area (Å²) in [6.45, 7) is 4.90. The molecular formula is C14H17N3S2. The molecule has 0 fully saturated rings. The lowest BCUT2D eigenvalue weighted by molar-refractivity contribution is 0.289. The standard InChI is InChI=1S/C14H17N3S2/c1-2-15-14(18)17-9-8-16-7-3-5-11(16)13(17)12-6-4-10-19-12/h3-7,10,13H,2,8-9H2,1H3,(H,15,18)/t13-/m0/s1. The summed E-state index contributed by atoms with van der Waals surface area (Å²) in [5.74, 6) is 0. The third kappa shape index (κ3) is 2.28. The van der Waals surface area contributed by atoms with Crippen LogP contribution >= 0.6 is 23.6 Å². The quantitative estimate of drug-likeness (QED) is 0.859. The highest BCUT2D eigenvalue weighted by atomic mass is 32.1. The van der Waals surface area contributed by atoms with Gasteiger partial charge in [0.05, 0.1) is 0 Å². The molecular weight excluding hydrogens is 274 g/mol. The predicted octanol–water partition coefficient (Wildman–Crippen LogP) is 2.85. The van der Waals surface area contributed by atoms with E-state index in [1.165, 1.54) is 10.6 Å². The number of thiocarbonyl (C=S) groups is 1. The van der Waals surface area contributed by atoms with Gasteiger partial charge in [0, 0.05) is 36.4 Å². The van der Waals surface area contributed by atoms with E-state index in [0.717, 1.165) is 24.7 Å². The van der Waals surface area contributed by atoms with Crippen molar-refractivity contribution < 1.29 is 0 Å². The fourth-order valence-electron chi connectivity index (χ4n) is 2.60. The highest BCUT2D eigenvalue weighted by molar-refractivity contribution is 7.80. The van der Waals surface area contributed by atoms with Gasteiger partial charge in [-0.25, -0.2) is 0 Å². The van der Waals surface area contributed by atoms with Gasteiger partial charge in [-0.15, -0.1) is 11.3 Å². The first-order chi connectivity index (χ1) is 9.31. The molecule has 0 aromatic carbocycles. The van der Waals surface area contributed by atoms with E-state index < -0.39 is 0 Å². The second-order valence-electron chi connectivity index (χ2n) is 4.57. The number of nitrogens with zero attached hydrogens (tertiary/aromatic N) is 2. The highest BCUT2D eigenvalue weighted by Gasteiger charge is 2.30. The van der Waals surface area contributed by atoms with Crippen LogP contribution in [0, 0.1) is 0 Å². The Morgan fingerprint density at radius 2 is 2.32 bits per heavy atom. The van der Waals surface area contributed by atoms with E-state index in [1.807, 2.05) is 0 Å². The zero-order valence-electron chi connectivity index (χ0n) is 10.9. The number of fused-ring (bicyclic) bond motifs is 1. The Hall–Kier alpha value is -1.33. The Labute approximate surface area is 122 Å². The summed E-state index contributed by atoms with van der Waals surface area (Å²) in [6.07, 6.45) is 2.16. The van der Waals surface area contributed by atoms with Gasteiger partial charge in [-0.2, -0.15) is 0 Å². The van der Waals surface area contributed by atoms with E-state index in [1.54, 1.807) is 11.3 Å². The van der Waals surface area contributed by atoms with Gasteiger partial charge < -0.3 is 14.8 Å². The Morgan fingerprint density at radius 1 is 1.42 bits per heavy atom. The maximum atomic E-state index is 5.54. The van der Waals surface area contributed by atoms with Crippen molar-refractivity contribution in [1.82, 2.24) is 14.8 Å². The van der Waals surface area contributed by atoms with Gasteiger partial charge >= 0.3 is 0 Å². The zero-order chi connectivity index (χ0) is 13.2. The molecule has 2 aromatic rings. The molecule has 1 aliphatic heterocycles. The van der Waals surface area contributed by atoms with Crippen molar-refractivity contribution in [2.75, 3.05) is 13.1 Å². The SMILES string of the molecule is CCNC(=S)N1CCn2cccc2[C@H]1c1cccs1. The largest absolute Gasteiger partial charge is 0.363 e. The lowest BCUT2D eigenvalue weighted by Crippen LogP contribution is -2.46. The molecule has 1 N–H and O–H groups in total. The van der Waals surface area contributed by atoms with Crippen molar-refractivity contribution in [3.63, 3.8) is 0 Å². The molecule has 19 heavy (non-hydrogen) atoms. The second-order valence-corrected chi connectivity index (χ2v) is 5.94. The molecule has 0 spiro atoms. The molecule has 0 amide bonds. The van der Waals surface area contributed by atoms with Crippen LogP contribution in [-0.4, -0.2) is 27.7 Å². The Morgan fingerprint density at radius 3 is 3.05 bits per heavy atom. The number of thiophene rings is 1. The van der Waals surface area contributed by atoms with E-state index in [4.69, 9.17) is 12.2 Å². The van der Waals surface area contributed by atoms with E-state index in [-0.39, 0.29) is 6.04 Å². The van der Waals surface area contributed by atoms with Crippen LogP contribution in [0.2, 0.25) is 0 Å². The first-order valence-electron chi connectivity index (χ1n) is 6.54. The van der Waals surface area contributed by atoms with Gasteiger partial charge in [0.1, 0.15) is 6.04 Å². The van der Waals surface area contributed by atoms with Crippen molar-refractivity contribution >= 4 is 28.7 Å². The second kappa shape index (κ2) is 5.35. The Kier molecular flexibility index (Phi) is 3.57. The monoisotopic (exact) mass is 291 g/mol. The van der Waals surface area contributed by atoms with E-state index in [2.05, 4.69) is 57.5 Å². The van der Waals surface area contributed by atoms with Crippen molar-refractivity contribution in [3.8, 4) is 0 Å². The number of aromatic nitrogens is 1. The Balaban J connectivity index is 1.99. The first kappa shape index (κ1) is 12.7. The van der Waals surface area contributed by atoms with Crippen molar-refractivity contribution in [1.29, 1.82) is 0 Å². The molecule has 100 valence electrons. The van der Waals surface area contributed by atoms with Crippen LogP contribution in [0.3, 0.4) is 0 Å². The van der Waals surface area contributed by atoms with E-state index >= 15 is 0 Å². The average Bonchev–Trinajstić information content (AvgIpc) is 3.08. The molecule has 0 bridgehead atoms. The van der Waals surface area contributed by atoms with Gasteiger partial charge in [0.15, 0.2) is 5.11 Å². The fourth-order valence-corrected chi connectivity index (χ4v) is 3.79. The molecule has 0 radical (unpaired) electrons. The number of hydrogen-bond acceptors (Lipinski definition) is 2. The van der Waals surface area contributed by atoms with Crippen molar-refractivity contribution in [3.05, 3.63) is 46.4 Å². The molecule has 0 unspecified atom stereocenters. The summed E-state index contributed by atoms with van der Waals surface area (Å²) in [5.41, 5.74) is 1.33. The normalized spacial score (nSPS) is 18.2. The number of hydrogen-bond donors (Lipinski definition) is 1. The molecule has 1 aliphatic rings. The van der Waals surface area contributed by atoms with Gasteiger partial charge in [-0.05, 0) is 42.7 Å². The van der Waals surface area contributed by atoms with E-state index in [0.29, 0.717) is 0 Å². The molecule has 3 rings (SSSR count). The summed E-state index contributed by atoms with van der Waals surface area (Å²) >= 11 is 7.33. The van der Waals surface area contributed by atoms with Crippen LogP contribution in [-0.2, 0) is 6.54 Å². The lowest BCUT2D eigenvalue weighted by atomic mass is 10.1. The van der Waals surface area contributed by atoms with Crippen LogP contribution in [0.5, 0.6) is 0 Å². The zero-order valence-corrected chi connectivity index (χ0v) is 12.5. The van der Waals surface area contributed by atoms with Crippen LogP contribution in [0.4, 0.5) is 0 Å². The summed E-state index contributed by atoms with van der Waals surface area (Å²) in [4.78, 5) is 3.65. The minimum absolute atomic E-state index is 0.246. The molecule has 3 heterocycles. The third-order valence-electron chi connectivity index (χ3n) is 3.44. The maximum Gasteiger partial charge on any atom is 0.169 e. The fraction of sp³-hybridized carbons (Fsp3) is 0.357. The molecule has 3 nitrogen and oxygen atoms in total. The smallest absolute Gasteiger partial charge is 0.169 e. The van der Waals surface area contributed by atoms with Gasteiger partial charge in [0.25, 0.3) is 0 Å². The molecule has 0 saturated heterocycles. The van der Waals surface area contributed by atoms with Crippen LogP contribution in [0.15, 0.2) is 35.8 Å². The minimum atomic E-state index is 0.246. The van der Waals surface area contributed by atoms with Crippen LogP contribution in [0.25, 0.3) is 0 Å². The van der Waals surface area contributed by atoms with Crippen molar-refractivity contribution in [2.45, 2.75) is 19.5 Å². The molecule has 2 aromatic heterocycles. The lowest BCUT2D eigenvalue weighted by Gasteiger charge is -2.38. The highest BCUT2D eigenvalue weighted by Crippen LogP contribution is 2.34. The third-order valence-corrected chi connectivity index (χ3v) is 4.74. The topological polar surface area (TPSA) is 20.2 Å². The Bertz CT molecular complexity index is 559. The molecule has 5 heteroatoms. The molecule has 0 saturated carbocycles. The summed E-state index contributed by atoms with van der Waals surface area (Å²) in [7, 11) is 0. The van der Waals surface area contributed by atoms with E-state index in [9.17, 15) is 0 Å². The first-order valence-corrected chi connectivity index (χ1v) is 7.83.